The van der Waals surface area contributed by atoms with Crippen molar-refractivity contribution in [2.24, 2.45) is 0 Å². The highest BCUT2D eigenvalue weighted by atomic mass is 16.5. The normalized spacial score (nSPS) is 9.93. The van der Waals surface area contributed by atoms with Crippen LogP contribution in [0.25, 0.3) is 0 Å². The fourth-order valence-corrected chi connectivity index (χ4v) is 1.30. The van der Waals surface area contributed by atoms with E-state index in [4.69, 9.17) is 4.74 Å². The smallest absolute Gasteiger partial charge is 0.221 e. The van der Waals surface area contributed by atoms with E-state index in [-0.39, 0.29) is 0 Å². The first kappa shape index (κ1) is 10.8. The molecule has 0 unspecified atom stereocenters. The molecule has 0 fully saturated rings. The molecule has 1 aromatic heterocycles. The van der Waals surface area contributed by atoms with E-state index < -0.39 is 0 Å². The first-order valence-electron chi connectivity index (χ1n) is 5.03. The largest absolute Gasteiger partial charge is 0.478 e. The molecule has 0 atom stereocenters. The second-order valence-electron chi connectivity index (χ2n) is 2.82. The van der Waals surface area contributed by atoms with Gasteiger partial charge in [0.05, 0.1) is 12.2 Å². The lowest BCUT2D eigenvalue weighted by Gasteiger charge is -2.11. The van der Waals surface area contributed by atoms with Crippen LogP contribution in [-0.4, -0.2) is 23.1 Å². The predicted molar refractivity (Wildman–Crippen MR) is 56.7 cm³/mol. The molecular weight excluding hydrogens is 178 g/mol. The van der Waals surface area contributed by atoms with Gasteiger partial charge in [-0.05, 0) is 20.3 Å². The third-order valence-electron chi connectivity index (χ3n) is 1.88. The van der Waals surface area contributed by atoms with Crippen LogP contribution < -0.4 is 10.1 Å². The zero-order chi connectivity index (χ0) is 10.4. The summed E-state index contributed by atoms with van der Waals surface area (Å²) in [7, 11) is 0. The van der Waals surface area contributed by atoms with Gasteiger partial charge < -0.3 is 10.1 Å². The molecule has 1 aromatic rings. The third-order valence-corrected chi connectivity index (χ3v) is 1.88. The molecule has 0 bridgehead atoms. The van der Waals surface area contributed by atoms with Crippen molar-refractivity contribution in [1.82, 2.24) is 9.97 Å². The van der Waals surface area contributed by atoms with Gasteiger partial charge in [0.1, 0.15) is 12.1 Å². The molecule has 0 amide bonds. The molecule has 1 N–H and O–H groups in total. The SMILES string of the molecule is CCNc1ncnc(OCC)c1CC. The van der Waals surface area contributed by atoms with Gasteiger partial charge in [-0.25, -0.2) is 9.97 Å². The number of aromatic nitrogens is 2. The van der Waals surface area contributed by atoms with E-state index in [9.17, 15) is 0 Å². The number of nitrogens with one attached hydrogen (secondary N) is 1. The molecule has 0 aromatic carbocycles. The minimum Gasteiger partial charge on any atom is -0.478 e. The molecule has 4 nitrogen and oxygen atoms in total. The van der Waals surface area contributed by atoms with Crippen molar-refractivity contribution in [3.8, 4) is 5.88 Å². The lowest BCUT2D eigenvalue weighted by Crippen LogP contribution is -2.07. The van der Waals surface area contributed by atoms with E-state index in [1.165, 1.54) is 6.33 Å². The van der Waals surface area contributed by atoms with Crippen LogP contribution in [-0.2, 0) is 6.42 Å². The highest BCUT2D eigenvalue weighted by Crippen LogP contribution is 2.21. The van der Waals surface area contributed by atoms with E-state index in [0.29, 0.717) is 12.5 Å². The molecule has 14 heavy (non-hydrogen) atoms. The van der Waals surface area contributed by atoms with Crippen molar-refractivity contribution in [2.75, 3.05) is 18.5 Å². The average Bonchev–Trinajstić information content (AvgIpc) is 2.19. The Balaban J connectivity index is 2.98. The summed E-state index contributed by atoms with van der Waals surface area (Å²) in [6, 6.07) is 0. The van der Waals surface area contributed by atoms with Crippen LogP contribution in [0.1, 0.15) is 26.3 Å². The van der Waals surface area contributed by atoms with Gasteiger partial charge in [-0.15, -0.1) is 0 Å². The van der Waals surface area contributed by atoms with Crippen LogP contribution in [0.2, 0.25) is 0 Å². The van der Waals surface area contributed by atoms with Crippen LogP contribution in [0.4, 0.5) is 5.82 Å². The lowest BCUT2D eigenvalue weighted by atomic mass is 10.2. The number of rotatable bonds is 5. The molecular formula is C10H17N3O. The molecule has 0 saturated heterocycles. The topological polar surface area (TPSA) is 47.0 Å². The number of hydrogen-bond donors (Lipinski definition) is 1. The van der Waals surface area contributed by atoms with Gasteiger partial charge in [-0.3, -0.25) is 0 Å². The predicted octanol–water partition coefficient (Wildman–Crippen LogP) is 1.87. The summed E-state index contributed by atoms with van der Waals surface area (Å²) in [5.74, 6) is 1.58. The van der Waals surface area contributed by atoms with Crippen LogP contribution in [0, 0.1) is 0 Å². The van der Waals surface area contributed by atoms with Gasteiger partial charge in [0.25, 0.3) is 0 Å². The minimum absolute atomic E-state index is 0.635. The fraction of sp³-hybridized carbons (Fsp3) is 0.600. The lowest BCUT2D eigenvalue weighted by molar-refractivity contribution is 0.322. The molecule has 0 saturated carbocycles. The van der Waals surface area contributed by atoms with Gasteiger partial charge in [0.2, 0.25) is 5.88 Å². The van der Waals surface area contributed by atoms with Gasteiger partial charge in [0.15, 0.2) is 0 Å². The first-order valence-corrected chi connectivity index (χ1v) is 5.03. The molecule has 0 aliphatic carbocycles. The molecule has 1 rings (SSSR count). The Morgan fingerprint density at radius 1 is 1.29 bits per heavy atom. The Hall–Kier alpha value is -1.32. The van der Waals surface area contributed by atoms with E-state index in [0.717, 1.165) is 24.3 Å². The highest BCUT2D eigenvalue weighted by Gasteiger charge is 2.09. The Bertz CT molecular complexity index is 264. The third kappa shape index (κ3) is 2.34. The number of nitrogens with zero attached hydrogens (tertiary/aromatic N) is 2. The second kappa shape index (κ2) is 5.42. The van der Waals surface area contributed by atoms with Crippen molar-refractivity contribution in [2.45, 2.75) is 27.2 Å². The van der Waals surface area contributed by atoms with Crippen LogP contribution in [0.5, 0.6) is 5.88 Å². The maximum Gasteiger partial charge on any atom is 0.221 e. The quantitative estimate of drug-likeness (QED) is 0.779. The molecule has 0 aliphatic rings. The summed E-state index contributed by atoms with van der Waals surface area (Å²) in [6.07, 6.45) is 2.40. The molecule has 78 valence electrons. The standard InChI is InChI=1S/C10H17N3O/c1-4-8-9(11-5-2)12-7-13-10(8)14-6-3/h7H,4-6H2,1-3H3,(H,11,12,13). The van der Waals surface area contributed by atoms with Gasteiger partial charge in [-0.2, -0.15) is 0 Å². The highest BCUT2D eigenvalue weighted by molar-refractivity contribution is 5.48. The molecule has 0 aliphatic heterocycles. The Morgan fingerprint density at radius 3 is 2.64 bits per heavy atom. The second-order valence-corrected chi connectivity index (χ2v) is 2.82. The monoisotopic (exact) mass is 195 g/mol. The van der Waals surface area contributed by atoms with E-state index in [1.54, 1.807) is 0 Å². The molecule has 0 spiro atoms. The van der Waals surface area contributed by atoms with Crippen LogP contribution in [0.15, 0.2) is 6.33 Å². The van der Waals surface area contributed by atoms with E-state index >= 15 is 0 Å². The van der Waals surface area contributed by atoms with E-state index in [1.807, 2.05) is 13.8 Å². The summed E-state index contributed by atoms with van der Waals surface area (Å²) in [4.78, 5) is 8.29. The van der Waals surface area contributed by atoms with E-state index in [2.05, 4.69) is 22.2 Å². The van der Waals surface area contributed by atoms with Crippen LogP contribution in [0.3, 0.4) is 0 Å². The Kier molecular flexibility index (Phi) is 4.16. The van der Waals surface area contributed by atoms with Gasteiger partial charge in [0, 0.05) is 6.54 Å². The maximum atomic E-state index is 5.42. The minimum atomic E-state index is 0.635. The molecule has 0 radical (unpaired) electrons. The average molecular weight is 195 g/mol. The fourth-order valence-electron chi connectivity index (χ4n) is 1.30. The van der Waals surface area contributed by atoms with Gasteiger partial charge in [-0.1, -0.05) is 6.92 Å². The maximum absolute atomic E-state index is 5.42. The summed E-state index contributed by atoms with van der Waals surface area (Å²) < 4.78 is 5.42. The summed E-state index contributed by atoms with van der Waals surface area (Å²) in [6.45, 7) is 7.56. The van der Waals surface area contributed by atoms with Crippen LogP contribution >= 0.6 is 0 Å². The Labute approximate surface area is 84.7 Å². The number of hydrogen-bond acceptors (Lipinski definition) is 4. The zero-order valence-corrected chi connectivity index (χ0v) is 9.00. The summed E-state index contributed by atoms with van der Waals surface area (Å²) in [5.41, 5.74) is 1.05. The molecule has 4 heteroatoms. The number of ether oxygens (including phenoxy) is 1. The molecule has 1 heterocycles. The number of anilines is 1. The van der Waals surface area contributed by atoms with Crippen molar-refractivity contribution in [1.29, 1.82) is 0 Å². The zero-order valence-electron chi connectivity index (χ0n) is 9.00. The summed E-state index contributed by atoms with van der Waals surface area (Å²) >= 11 is 0. The van der Waals surface area contributed by atoms with Gasteiger partial charge >= 0.3 is 0 Å². The first-order chi connectivity index (χ1) is 6.83. The van der Waals surface area contributed by atoms with Crippen molar-refractivity contribution >= 4 is 5.82 Å². The Morgan fingerprint density at radius 2 is 2.07 bits per heavy atom. The van der Waals surface area contributed by atoms with Crippen molar-refractivity contribution < 1.29 is 4.74 Å². The summed E-state index contributed by atoms with van der Waals surface area (Å²) in [5, 5.41) is 3.19. The van der Waals surface area contributed by atoms with Crippen molar-refractivity contribution in [3.63, 3.8) is 0 Å². The van der Waals surface area contributed by atoms with Crippen molar-refractivity contribution in [3.05, 3.63) is 11.9 Å².